The normalized spacial score (nSPS) is 18.7. The molecular formula is C25H37NO4. The molecule has 1 aromatic rings. The summed E-state index contributed by atoms with van der Waals surface area (Å²) in [5.41, 5.74) is 3.30. The summed E-state index contributed by atoms with van der Waals surface area (Å²) in [6.07, 6.45) is 4.29. The number of ether oxygens (including phenoxy) is 2. The first-order valence-electron chi connectivity index (χ1n) is 10.6. The lowest BCUT2D eigenvalue weighted by atomic mass is 9.66. The first-order valence-corrected chi connectivity index (χ1v) is 10.6. The van der Waals surface area contributed by atoms with Gasteiger partial charge in [0.25, 0.3) is 0 Å². The van der Waals surface area contributed by atoms with Crippen LogP contribution in [0.25, 0.3) is 5.57 Å². The second-order valence-corrected chi connectivity index (χ2v) is 10.8. The summed E-state index contributed by atoms with van der Waals surface area (Å²) >= 11 is 0. The van der Waals surface area contributed by atoms with Crippen molar-refractivity contribution < 1.29 is 19.1 Å². The van der Waals surface area contributed by atoms with Crippen molar-refractivity contribution in [2.24, 2.45) is 10.8 Å². The topological polar surface area (TPSA) is 64.6 Å². The molecule has 1 N–H and O–H groups in total. The molecule has 1 aliphatic rings. The minimum atomic E-state index is -0.803. The molecule has 1 amide bonds. The molecule has 1 aromatic carbocycles. The van der Waals surface area contributed by atoms with Gasteiger partial charge in [0, 0.05) is 6.42 Å². The largest absolute Gasteiger partial charge is 0.467 e. The predicted molar refractivity (Wildman–Crippen MR) is 120 cm³/mol. The lowest BCUT2D eigenvalue weighted by molar-refractivity contribution is -0.143. The zero-order valence-electron chi connectivity index (χ0n) is 19.7. The number of rotatable bonds is 5. The van der Waals surface area contributed by atoms with E-state index in [1.54, 1.807) is 20.8 Å². The molecule has 30 heavy (non-hydrogen) atoms. The zero-order valence-corrected chi connectivity index (χ0v) is 19.7. The summed E-state index contributed by atoms with van der Waals surface area (Å²) < 4.78 is 10.1. The second-order valence-electron chi connectivity index (χ2n) is 10.8. The molecule has 0 aromatic heterocycles. The Morgan fingerprint density at radius 3 is 2.20 bits per heavy atom. The molecule has 0 unspecified atom stereocenters. The molecule has 5 nitrogen and oxygen atoms in total. The van der Waals surface area contributed by atoms with E-state index in [0.29, 0.717) is 6.42 Å². The van der Waals surface area contributed by atoms with E-state index in [2.05, 4.69) is 51.2 Å². The summed E-state index contributed by atoms with van der Waals surface area (Å²) in [7, 11) is 1.31. The average Bonchev–Trinajstić information content (AvgIpc) is 2.56. The number of allylic oxidation sites excluding steroid dienone is 2. The number of hydrogen-bond donors (Lipinski definition) is 1. The van der Waals surface area contributed by atoms with E-state index in [4.69, 9.17) is 9.47 Å². The van der Waals surface area contributed by atoms with E-state index in [1.165, 1.54) is 24.7 Å². The van der Waals surface area contributed by atoms with E-state index < -0.39 is 23.7 Å². The standard InChI is InChI=1S/C25H37NO4/c1-23(2,3)30-22(28)26-20(21(27)29-8)13-17-9-11-18(12-10-17)19-14-24(4,5)16-25(6,7)15-19/h9-12,14,20H,13,15-16H2,1-8H3,(H,26,28)/t20-/m0/s1. The number of carbonyl (C=O) groups is 2. The summed E-state index contributed by atoms with van der Waals surface area (Å²) in [4.78, 5) is 24.3. The molecule has 0 aliphatic heterocycles. The monoisotopic (exact) mass is 415 g/mol. The van der Waals surface area contributed by atoms with E-state index in [0.717, 1.165) is 12.0 Å². The highest BCUT2D eigenvalue weighted by molar-refractivity contribution is 5.81. The number of nitrogens with one attached hydrogen (secondary N) is 1. The Morgan fingerprint density at radius 1 is 1.10 bits per heavy atom. The maximum atomic E-state index is 12.2. The minimum absolute atomic E-state index is 0.170. The number of amides is 1. The smallest absolute Gasteiger partial charge is 0.408 e. The van der Waals surface area contributed by atoms with Crippen LogP contribution in [0.2, 0.25) is 0 Å². The van der Waals surface area contributed by atoms with Crippen molar-refractivity contribution >= 4 is 17.6 Å². The van der Waals surface area contributed by atoms with Crippen molar-refractivity contribution in [3.63, 3.8) is 0 Å². The molecule has 1 atom stereocenters. The first kappa shape index (κ1) is 24.0. The van der Waals surface area contributed by atoms with E-state index in [9.17, 15) is 9.59 Å². The number of benzene rings is 1. The van der Waals surface area contributed by atoms with Gasteiger partial charge in [-0.25, -0.2) is 9.59 Å². The second kappa shape index (κ2) is 8.83. The number of methoxy groups -OCH3 is 1. The van der Waals surface area contributed by atoms with Crippen molar-refractivity contribution in [3.8, 4) is 0 Å². The number of alkyl carbamates (subject to hydrolysis) is 1. The SMILES string of the molecule is COC(=O)[C@H](Cc1ccc(C2=CC(C)(C)CC(C)(C)C2)cc1)NC(=O)OC(C)(C)C. The molecule has 0 bridgehead atoms. The highest BCUT2D eigenvalue weighted by atomic mass is 16.6. The maximum absolute atomic E-state index is 12.2. The van der Waals surface area contributed by atoms with Gasteiger partial charge < -0.3 is 14.8 Å². The van der Waals surface area contributed by atoms with Gasteiger partial charge in [-0.3, -0.25) is 0 Å². The Kier molecular flexibility index (Phi) is 7.05. The van der Waals surface area contributed by atoms with Gasteiger partial charge >= 0.3 is 12.1 Å². The van der Waals surface area contributed by atoms with Crippen LogP contribution in [0, 0.1) is 10.8 Å². The molecule has 2 rings (SSSR count). The van der Waals surface area contributed by atoms with Crippen molar-refractivity contribution in [2.75, 3.05) is 7.11 Å². The van der Waals surface area contributed by atoms with Crippen LogP contribution in [0.15, 0.2) is 30.3 Å². The van der Waals surface area contributed by atoms with Crippen LogP contribution < -0.4 is 5.32 Å². The quantitative estimate of drug-likeness (QED) is 0.643. The molecule has 0 saturated carbocycles. The molecule has 0 saturated heterocycles. The molecule has 0 fully saturated rings. The third-order valence-electron chi connectivity index (χ3n) is 5.11. The van der Waals surface area contributed by atoms with Gasteiger partial charge in [-0.2, -0.15) is 0 Å². The van der Waals surface area contributed by atoms with Crippen LogP contribution in [0.3, 0.4) is 0 Å². The Labute approximate surface area is 181 Å². The maximum Gasteiger partial charge on any atom is 0.408 e. The molecule has 5 heteroatoms. The number of hydrogen-bond acceptors (Lipinski definition) is 4. The van der Waals surface area contributed by atoms with E-state index in [-0.39, 0.29) is 10.8 Å². The lowest BCUT2D eigenvalue weighted by Crippen LogP contribution is -2.45. The van der Waals surface area contributed by atoms with Crippen LogP contribution in [0.5, 0.6) is 0 Å². The molecule has 0 spiro atoms. The Morgan fingerprint density at radius 2 is 1.70 bits per heavy atom. The third-order valence-corrected chi connectivity index (χ3v) is 5.11. The Hall–Kier alpha value is -2.30. The lowest BCUT2D eigenvalue weighted by Gasteiger charge is -2.39. The molecule has 166 valence electrons. The highest BCUT2D eigenvalue weighted by Gasteiger charge is 2.33. The fourth-order valence-corrected chi connectivity index (χ4v) is 4.45. The summed E-state index contributed by atoms with van der Waals surface area (Å²) in [5.74, 6) is -0.497. The fourth-order valence-electron chi connectivity index (χ4n) is 4.45. The van der Waals surface area contributed by atoms with Crippen molar-refractivity contribution in [1.82, 2.24) is 5.32 Å². The van der Waals surface area contributed by atoms with Crippen LogP contribution >= 0.6 is 0 Å². The van der Waals surface area contributed by atoms with Crippen molar-refractivity contribution in [2.45, 2.75) is 79.4 Å². The fraction of sp³-hybridized carbons (Fsp3) is 0.600. The van der Waals surface area contributed by atoms with Gasteiger partial charge in [0.05, 0.1) is 7.11 Å². The van der Waals surface area contributed by atoms with Crippen molar-refractivity contribution in [3.05, 3.63) is 41.5 Å². The van der Waals surface area contributed by atoms with Gasteiger partial charge in [-0.15, -0.1) is 0 Å². The summed E-state index contributed by atoms with van der Waals surface area (Å²) in [6, 6.07) is 7.41. The number of carbonyl (C=O) groups excluding carboxylic acids is 2. The van der Waals surface area contributed by atoms with Gasteiger partial charge in [-0.05, 0) is 61.1 Å². The zero-order chi connectivity index (χ0) is 22.7. The number of esters is 1. The van der Waals surface area contributed by atoms with Gasteiger partial charge in [0.2, 0.25) is 0 Å². The van der Waals surface area contributed by atoms with Crippen LogP contribution in [-0.2, 0) is 20.7 Å². The highest BCUT2D eigenvalue weighted by Crippen LogP contribution is 2.47. The first-order chi connectivity index (χ1) is 13.7. The van der Waals surface area contributed by atoms with Gasteiger partial charge in [0.15, 0.2) is 0 Å². The third kappa shape index (κ3) is 7.19. The summed E-state index contributed by atoms with van der Waals surface area (Å²) in [5, 5.41) is 2.63. The van der Waals surface area contributed by atoms with Crippen molar-refractivity contribution in [1.29, 1.82) is 0 Å². The average molecular weight is 416 g/mol. The Bertz CT molecular complexity index is 797. The Balaban J connectivity index is 2.15. The van der Waals surface area contributed by atoms with E-state index in [1.807, 2.05) is 12.1 Å². The summed E-state index contributed by atoms with van der Waals surface area (Å²) in [6.45, 7) is 14.5. The molecule has 0 radical (unpaired) electrons. The minimum Gasteiger partial charge on any atom is -0.467 e. The predicted octanol–water partition coefficient (Wildman–Crippen LogP) is 5.53. The molecule has 0 heterocycles. The van der Waals surface area contributed by atoms with Crippen LogP contribution in [0.1, 0.15) is 72.4 Å². The van der Waals surface area contributed by atoms with Gasteiger partial charge in [0.1, 0.15) is 11.6 Å². The van der Waals surface area contributed by atoms with Gasteiger partial charge in [-0.1, -0.05) is 58.0 Å². The van der Waals surface area contributed by atoms with E-state index >= 15 is 0 Å². The molecular weight excluding hydrogens is 378 g/mol. The van der Waals surface area contributed by atoms with Crippen LogP contribution in [0.4, 0.5) is 4.79 Å². The molecule has 1 aliphatic carbocycles. The van der Waals surface area contributed by atoms with Crippen LogP contribution in [-0.4, -0.2) is 30.8 Å².